The minimum atomic E-state index is -0.503. The van der Waals surface area contributed by atoms with Crippen LogP contribution in [-0.4, -0.2) is 41.3 Å². The van der Waals surface area contributed by atoms with Gasteiger partial charge in [-0.15, -0.1) is 0 Å². The number of allylic oxidation sites excluding steroid dienone is 1. The largest absolute Gasteiger partial charge is 0.456 e. The molecular formula is C23H38O5. The van der Waals surface area contributed by atoms with Gasteiger partial charge in [0.25, 0.3) is 0 Å². The van der Waals surface area contributed by atoms with E-state index in [-0.39, 0.29) is 29.9 Å². The summed E-state index contributed by atoms with van der Waals surface area (Å²) in [6.45, 7) is 12.6. The van der Waals surface area contributed by atoms with Gasteiger partial charge in [0.05, 0.1) is 24.2 Å². The first kappa shape index (κ1) is 21.8. The summed E-state index contributed by atoms with van der Waals surface area (Å²) in [7, 11) is 0. The number of rotatable bonds is 8. The maximum Gasteiger partial charge on any atom is 0.309 e. The Morgan fingerprint density at radius 2 is 1.86 bits per heavy atom. The van der Waals surface area contributed by atoms with Crippen LogP contribution in [0.5, 0.6) is 0 Å². The van der Waals surface area contributed by atoms with E-state index < -0.39 is 11.4 Å². The third kappa shape index (κ3) is 4.03. The second-order valence-corrected chi connectivity index (χ2v) is 9.15. The van der Waals surface area contributed by atoms with Crippen molar-refractivity contribution >= 4 is 5.97 Å². The van der Waals surface area contributed by atoms with Crippen LogP contribution in [0.2, 0.25) is 0 Å². The minimum absolute atomic E-state index is 0.117. The zero-order valence-corrected chi connectivity index (χ0v) is 18.5. The number of hydrogen-bond donors (Lipinski definition) is 0. The zero-order chi connectivity index (χ0) is 20.6. The van der Waals surface area contributed by atoms with Gasteiger partial charge in [0.15, 0.2) is 5.79 Å². The molecule has 0 unspecified atom stereocenters. The van der Waals surface area contributed by atoms with E-state index in [9.17, 15) is 4.79 Å². The van der Waals surface area contributed by atoms with Crippen molar-refractivity contribution in [3.8, 4) is 0 Å². The normalized spacial score (nSPS) is 40.8. The van der Waals surface area contributed by atoms with E-state index in [0.717, 1.165) is 38.5 Å². The molecular weight excluding hydrogens is 356 g/mol. The van der Waals surface area contributed by atoms with Crippen LogP contribution in [0.1, 0.15) is 86.5 Å². The average molecular weight is 395 g/mol. The third-order valence-corrected chi connectivity index (χ3v) is 6.90. The number of ether oxygens (including phenoxy) is 4. The van der Waals surface area contributed by atoms with Crippen molar-refractivity contribution in [3.63, 3.8) is 0 Å². The van der Waals surface area contributed by atoms with Gasteiger partial charge >= 0.3 is 5.97 Å². The molecule has 0 N–H and O–H groups in total. The molecule has 3 fully saturated rings. The molecule has 3 saturated heterocycles. The Balaban J connectivity index is 1.68. The van der Waals surface area contributed by atoms with E-state index in [1.54, 1.807) is 0 Å². The van der Waals surface area contributed by atoms with Crippen LogP contribution in [0, 0.1) is 5.92 Å². The van der Waals surface area contributed by atoms with Crippen molar-refractivity contribution in [2.75, 3.05) is 0 Å². The van der Waals surface area contributed by atoms with Gasteiger partial charge in [-0.2, -0.15) is 0 Å². The topological polar surface area (TPSA) is 54.0 Å². The fraction of sp³-hybridized carbons (Fsp3) is 0.870. The van der Waals surface area contributed by atoms with E-state index in [1.807, 2.05) is 13.8 Å². The lowest BCUT2D eigenvalue weighted by Crippen LogP contribution is -2.35. The summed E-state index contributed by atoms with van der Waals surface area (Å²) in [4.78, 5) is 11.8. The lowest BCUT2D eigenvalue weighted by Gasteiger charge is -2.28. The number of fused-ring (bicyclic) bond motifs is 1. The fourth-order valence-corrected chi connectivity index (χ4v) is 5.22. The van der Waals surface area contributed by atoms with Gasteiger partial charge in [0.1, 0.15) is 11.7 Å². The molecule has 3 rings (SSSR count). The van der Waals surface area contributed by atoms with Crippen molar-refractivity contribution in [2.45, 2.75) is 122 Å². The maximum atomic E-state index is 11.8. The monoisotopic (exact) mass is 394 g/mol. The van der Waals surface area contributed by atoms with Gasteiger partial charge < -0.3 is 18.9 Å². The van der Waals surface area contributed by atoms with Gasteiger partial charge in [-0.3, -0.25) is 4.79 Å². The molecule has 0 radical (unpaired) electrons. The van der Waals surface area contributed by atoms with Gasteiger partial charge in [-0.05, 0) is 45.4 Å². The van der Waals surface area contributed by atoms with E-state index in [0.29, 0.717) is 12.3 Å². The lowest BCUT2D eigenvalue weighted by atomic mass is 9.83. The standard InChI is InChI=1S/C23H38O5/c1-7-16(20-17(8-2)25-21(5,6)28-20)12-11-13-22(9-3)15-23(10-4)18(26-22)14-19(24)27-23/h11,13,16-18,20H,7-10,12,14-15H2,1-6H3/b13-11+/t16-,17-,18-,20-,22-,23-/m0/s1. The summed E-state index contributed by atoms with van der Waals surface area (Å²) in [5.74, 6) is -0.217. The summed E-state index contributed by atoms with van der Waals surface area (Å²) < 4.78 is 24.5. The van der Waals surface area contributed by atoms with Crippen LogP contribution in [0.3, 0.4) is 0 Å². The average Bonchev–Trinajstić information content (AvgIpc) is 3.23. The van der Waals surface area contributed by atoms with Crippen LogP contribution in [0.25, 0.3) is 0 Å². The Labute approximate surface area is 170 Å². The Kier molecular flexibility index (Phi) is 6.29. The van der Waals surface area contributed by atoms with Crippen molar-refractivity contribution in [3.05, 3.63) is 12.2 Å². The lowest BCUT2D eigenvalue weighted by molar-refractivity contribution is -0.151. The molecule has 160 valence electrons. The van der Waals surface area contributed by atoms with E-state index >= 15 is 0 Å². The molecule has 3 aliphatic heterocycles. The SMILES string of the molecule is CC[C@@H](C/C=C/[C@@]1(CC)C[C@]2(CC)OC(=O)C[C@@H]2O1)[C@@H]1OC(C)(C)O[C@H]1CC. The molecule has 0 amide bonds. The predicted octanol–water partition coefficient (Wildman–Crippen LogP) is 4.92. The van der Waals surface area contributed by atoms with Crippen molar-refractivity contribution in [2.24, 2.45) is 5.92 Å². The smallest absolute Gasteiger partial charge is 0.309 e. The van der Waals surface area contributed by atoms with Gasteiger partial charge in [-0.1, -0.05) is 46.3 Å². The Morgan fingerprint density at radius 1 is 1.11 bits per heavy atom. The van der Waals surface area contributed by atoms with E-state index in [4.69, 9.17) is 18.9 Å². The summed E-state index contributed by atoms with van der Waals surface area (Å²) in [6.07, 6.45) is 10.4. The third-order valence-electron chi connectivity index (χ3n) is 6.90. The molecule has 0 bridgehead atoms. The van der Waals surface area contributed by atoms with Crippen LogP contribution in [0.15, 0.2) is 12.2 Å². The molecule has 28 heavy (non-hydrogen) atoms. The Hall–Kier alpha value is -0.910. The molecule has 5 nitrogen and oxygen atoms in total. The molecule has 0 saturated carbocycles. The van der Waals surface area contributed by atoms with Crippen molar-refractivity contribution in [1.82, 2.24) is 0 Å². The molecule has 0 aromatic rings. The van der Waals surface area contributed by atoms with Gasteiger partial charge in [0.2, 0.25) is 0 Å². The first-order valence-corrected chi connectivity index (χ1v) is 11.1. The van der Waals surface area contributed by atoms with Crippen LogP contribution < -0.4 is 0 Å². The summed E-state index contributed by atoms with van der Waals surface area (Å²) in [5, 5.41) is 0. The highest BCUT2D eigenvalue weighted by Crippen LogP contribution is 2.50. The van der Waals surface area contributed by atoms with Gasteiger partial charge in [0, 0.05) is 6.42 Å². The molecule has 0 spiro atoms. The van der Waals surface area contributed by atoms with Crippen molar-refractivity contribution < 1.29 is 23.7 Å². The summed E-state index contributed by atoms with van der Waals surface area (Å²) in [5.41, 5.74) is -0.780. The number of esters is 1. The van der Waals surface area contributed by atoms with Crippen LogP contribution in [-0.2, 0) is 23.7 Å². The summed E-state index contributed by atoms with van der Waals surface area (Å²) >= 11 is 0. The first-order valence-electron chi connectivity index (χ1n) is 11.1. The quantitative estimate of drug-likeness (QED) is 0.432. The number of hydrogen-bond acceptors (Lipinski definition) is 5. The van der Waals surface area contributed by atoms with Crippen molar-refractivity contribution in [1.29, 1.82) is 0 Å². The molecule has 0 aromatic carbocycles. The highest BCUT2D eigenvalue weighted by Gasteiger charge is 2.60. The molecule has 0 aliphatic carbocycles. The minimum Gasteiger partial charge on any atom is -0.456 e. The Bertz CT molecular complexity index is 600. The first-order chi connectivity index (χ1) is 13.2. The number of carbonyl (C=O) groups excluding carboxylic acids is 1. The van der Waals surface area contributed by atoms with Gasteiger partial charge in [-0.25, -0.2) is 0 Å². The van der Waals surface area contributed by atoms with Crippen LogP contribution >= 0.6 is 0 Å². The highest BCUT2D eigenvalue weighted by molar-refractivity contribution is 5.73. The van der Waals surface area contributed by atoms with Crippen LogP contribution in [0.4, 0.5) is 0 Å². The summed E-state index contributed by atoms with van der Waals surface area (Å²) in [6, 6.07) is 0. The zero-order valence-electron chi connectivity index (χ0n) is 18.5. The molecule has 0 aromatic heterocycles. The molecule has 5 heteroatoms. The number of carbonyl (C=O) groups is 1. The Morgan fingerprint density at radius 3 is 2.43 bits per heavy atom. The molecule has 3 aliphatic rings. The predicted molar refractivity (Wildman–Crippen MR) is 108 cm³/mol. The maximum absolute atomic E-state index is 11.8. The van der Waals surface area contributed by atoms with E-state index in [2.05, 4.69) is 39.8 Å². The fourth-order valence-electron chi connectivity index (χ4n) is 5.22. The highest BCUT2D eigenvalue weighted by atomic mass is 16.8. The molecule has 6 atom stereocenters. The second-order valence-electron chi connectivity index (χ2n) is 9.15. The van der Waals surface area contributed by atoms with E-state index in [1.165, 1.54) is 0 Å². The molecule has 3 heterocycles. The second kappa shape index (κ2) is 8.08.